The number of rotatable bonds is 0. The van der Waals surface area contributed by atoms with E-state index in [1.165, 1.54) is 6.92 Å². The highest BCUT2D eigenvalue weighted by Crippen LogP contribution is 2.27. The molecular formula is C5H4F3N2. The summed E-state index contributed by atoms with van der Waals surface area (Å²) < 4.78 is 35.4. The van der Waals surface area contributed by atoms with Crippen LogP contribution in [-0.4, -0.2) is 11.9 Å². The van der Waals surface area contributed by atoms with Gasteiger partial charge in [-0.15, -0.1) is 0 Å². The maximum atomic E-state index is 11.8. The molecule has 0 aromatic carbocycles. The van der Waals surface area contributed by atoms with Gasteiger partial charge in [-0.05, 0) is 6.92 Å². The van der Waals surface area contributed by atoms with Gasteiger partial charge in [0.15, 0.2) is 0 Å². The average molecular weight is 149 g/mol. The largest absolute Gasteiger partial charge is 0.419 e. The molecule has 1 aliphatic heterocycles. The summed E-state index contributed by atoms with van der Waals surface area (Å²) in [5.74, 6) is 0. The van der Waals surface area contributed by atoms with Gasteiger partial charge in [-0.3, -0.25) is 0 Å². The van der Waals surface area contributed by atoms with Gasteiger partial charge in [-0.1, -0.05) is 0 Å². The van der Waals surface area contributed by atoms with Gasteiger partial charge in [0, 0.05) is 0 Å². The highest BCUT2D eigenvalue weighted by Gasteiger charge is 2.37. The molecule has 1 rings (SSSR count). The fraction of sp³-hybridized carbons (Fsp3) is 0.400. The molecule has 55 valence electrons. The van der Waals surface area contributed by atoms with E-state index in [0.29, 0.717) is 0 Å². The van der Waals surface area contributed by atoms with Crippen molar-refractivity contribution in [1.29, 1.82) is 0 Å². The van der Waals surface area contributed by atoms with Gasteiger partial charge < -0.3 is 0 Å². The van der Waals surface area contributed by atoms with Crippen LogP contribution in [0.2, 0.25) is 0 Å². The lowest BCUT2D eigenvalue weighted by Crippen LogP contribution is -2.15. The van der Waals surface area contributed by atoms with Crippen molar-refractivity contribution in [2.75, 3.05) is 0 Å². The van der Waals surface area contributed by atoms with E-state index in [0.717, 1.165) is 6.20 Å². The number of hydrogen-bond acceptors (Lipinski definition) is 1. The third-order valence-electron chi connectivity index (χ3n) is 1.09. The minimum absolute atomic E-state index is 0.0764. The van der Waals surface area contributed by atoms with E-state index in [-0.39, 0.29) is 5.71 Å². The number of allylic oxidation sites excluding steroid dienone is 1. The Bertz CT molecular complexity index is 201. The molecule has 0 spiro atoms. The van der Waals surface area contributed by atoms with Crippen LogP contribution in [0.15, 0.2) is 16.9 Å². The second-order valence-electron chi connectivity index (χ2n) is 1.84. The van der Waals surface area contributed by atoms with Crippen LogP contribution in [0, 0.1) is 0 Å². The van der Waals surface area contributed by atoms with Crippen molar-refractivity contribution >= 4 is 5.71 Å². The normalized spacial score (nSPS) is 18.0. The maximum Gasteiger partial charge on any atom is 0.419 e. The Kier molecular flexibility index (Phi) is 1.42. The molecule has 0 N–H and O–H groups in total. The molecule has 0 aliphatic carbocycles. The first-order valence-electron chi connectivity index (χ1n) is 2.54. The molecule has 0 aromatic rings. The number of hydrogen-bond donors (Lipinski definition) is 0. The van der Waals surface area contributed by atoms with Crippen LogP contribution in [0.25, 0.3) is 0 Å². The fourth-order valence-electron chi connectivity index (χ4n) is 0.599. The molecule has 2 nitrogen and oxygen atoms in total. The maximum absolute atomic E-state index is 11.8. The second-order valence-corrected chi connectivity index (χ2v) is 1.84. The molecule has 10 heavy (non-hydrogen) atoms. The third-order valence-corrected chi connectivity index (χ3v) is 1.09. The summed E-state index contributed by atoms with van der Waals surface area (Å²) >= 11 is 0. The van der Waals surface area contributed by atoms with Gasteiger partial charge in [0.25, 0.3) is 0 Å². The Balaban J connectivity index is 2.85. The number of halogens is 3. The SMILES string of the molecule is CC1=N[N]C=C1C(F)(F)F. The predicted molar refractivity (Wildman–Crippen MR) is 29.4 cm³/mol. The molecule has 1 heterocycles. The fourth-order valence-corrected chi connectivity index (χ4v) is 0.599. The zero-order valence-corrected chi connectivity index (χ0v) is 5.11. The Morgan fingerprint density at radius 2 is 2.00 bits per heavy atom. The lowest BCUT2D eigenvalue weighted by atomic mass is 10.2. The molecule has 0 unspecified atom stereocenters. The molecular weight excluding hydrogens is 145 g/mol. The van der Waals surface area contributed by atoms with Crippen LogP contribution in [0.3, 0.4) is 0 Å². The molecule has 0 fully saturated rings. The van der Waals surface area contributed by atoms with E-state index in [4.69, 9.17) is 0 Å². The Hall–Kier alpha value is -1.00. The van der Waals surface area contributed by atoms with Crippen LogP contribution < -0.4 is 5.43 Å². The van der Waals surface area contributed by atoms with Crippen molar-refractivity contribution in [3.63, 3.8) is 0 Å². The number of alkyl halides is 3. The van der Waals surface area contributed by atoms with Crippen molar-refractivity contribution in [2.45, 2.75) is 13.1 Å². The summed E-state index contributed by atoms with van der Waals surface area (Å²) in [6.07, 6.45) is -3.59. The predicted octanol–water partition coefficient (Wildman–Crippen LogP) is 1.43. The van der Waals surface area contributed by atoms with Gasteiger partial charge in [-0.25, -0.2) is 0 Å². The zero-order chi connectivity index (χ0) is 7.78. The van der Waals surface area contributed by atoms with Crippen LogP contribution in [-0.2, 0) is 0 Å². The average Bonchev–Trinajstić information content (AvgIpc) is 2.11. The summed E-state index contributed by atoms with van der Waals surface area (Å²) in [5, 5.41) is 3.21. The summed E-state index contributed by atoms with van der Waals surface area (Å²) in [4.78, 5) is 0. The van der Waals surface area contributed by atoms with E-state index in [1.54, 1.807) is 0 Å². The van der Waals surface area contributed by atoms with Gasteiger partial charge in [-0.2, -0.15) is 23.7 Å². The Morgan fingerprint density at radius 1 is 1.40 bits per heavy atom. The van der Waals surface area contributed by atoms with Gasteiger partial charge >= 0.3 is 6.18 Å². The van der Waals surface area contributed by atoms with E-state index in [1.807, 2.05) is 0 Å². The molecule has 0 atom stereocenters. The molecule has 0 saturated carbocycles. The monoisotopic (exact) mass is 149 g/mol. The molecule has 0 bridgehead atoms. The van der Waals surface area contributed by atoms with Crippen molar-refractivity contribution in [3.05, 3.63) is 11.8 Å². The first-order valence-corrected chi connectivity index (χ1v) is 2.54. The summed E-state index contributed by atoms with van der Waals surface area (Å²) in [5.41, 5.74) is 2.28. The van der Waals surface area contributed by atoms with Crippen LogP contribution in [0.5, 0.6) is 0 Å². The molecule has 1 radical (unpaired) electrons. The standard InChI is InChI=1S/C5H4F3N2/c1-3-4(2-9-10-3)5(6,7)8/h2H,1H3. The number of nitrogens with zero attached hydrogens (tertiary/aromatic N) is 2. The quantitative estimate of drug-likeness (QED) is 0.498. The lowest BCUT2D eigenvalue weighted by Gasteiger charge is -2.04. The summed E-state index contributed by atoms with van der Waals surface area (Å²) in [6.45, 7) is 1.27. The van der Waals surface area contributed by atoms with E-state index >= 15 is 0 Å². The minimum atomic E-state index is -4.31. The smallest absolute Gasteiger partial charge is 0.166 e. The van der Waals surface area contributed by atoms with Crippen LogP contribution in [0.1, 0.15) is 6.92 Å². The van der Waals surface area contributed by atoms with Gasteiger partial charge in [0.2, 0.25) is 0 Å². The summed E-state index contributed by atoms with van der Waals surface area (Å²) in [7, 11) is 0. The Morgan fingerprint density at radius 3 is 2.20 bits per heavy atom. The molecule has 5 heteroatoms. The van der Waals surface area contributed by atoms with Crippen molar-refractivity contribution < 1.29 is 13.2 Å². The van der Waals surface area contributed by atoms with Crippen LogP contribution in [0.4, 0.5) is 13.2 Å². The highest BCUT2D eigenvalue weighted by molar-refractivity contribution is 6.00. The summed E-state index contributed by atoms with van der Waals surface area (Å²) in [6, 6.07) is 0. The first-order chi connectivity index (χ1) is 4.52. The zero-order valence-electron chi connectivity index (χ0n) is 5.11. The van der Waals surface area contributed by atoms with E-state index in [2.05, 4.69) is 10.5 Å². The van der Waals surface area contributed by atoms with Gasteiger partial charge in [0.1, 0.15) is 0 Å². The van der Waals surface area contributed by atoms with Crippen LogP contribution >= 0.6 is 0 Å². The first kappa shape index (κ1) is 7.11. The highest BCUT2D eigenvalue weighted by atomic mass is 19.4. The third kappa shape index (κ3) is 1.12. The van der Waals surface area contributed by atoms with Crippen molar-refractivity contribution in [1.82, 2.24) is 5.43 Å². The van der Waals surface area contributed by atoms with Crippen molar-refractivity contribution in [3.8, 4) is 0 Å². The lowest BCUT2D eigenvalue weighted by molar-refractivity contribution is -0.0860. The molecule has 0 aromatic heterocycles. The Labute approximate surface area is 55.4 Å². The van der Waals surface area contributed by atoms with Crippen molar-refractivity contribution in [2.24, 2.45) is 5.10 Å². The van der Waals surface area contributed by atoms with Gasteiger partial charge in [0.05, 0.1) is 17.5 Å². The van der Waals surface area contributed by atoms with E-state index < -0.39 is 11.7 Å². The van der Waals surface area contributed by atoms with E-state index in [9.17, 15) is 13.2 Å². The second kappa shape index (κ2) is 2.00. The molecule has 0 amide bonds. The topological polar surface area (TPSA) is 26.5 Å². The molecule has 0 saturated heterocycles. The minimum Gasteiger partial charge on any atom is -0.166 e. The molecule has 1 aliphatic rings.